The summed E-state index contributed by atoms with van der Waals surface area (Å²) < 4.78 is 5.44. The maximum atomic E-state index is 11.8. The molecule has 0 radical (unpaired) electrons. The highest BCUT2D eigenvalue weighted by molar-refractivity contribution is 6.30. The Balaban J connectivity index is 1.80. The lowest BCUT2D eigenvalue weighted by atomic mass is 10.2. The molecule has 0 aliphatic carbocycles. The fourth-order valence-corrected chi connectivity index (χ4v) is 1.81. The molecule has 4 nitrogen and oxygen atoms in total. The molecule has 0 saturated carbocycles. The minimum Gasteiger partial charge on any atom is -0.507 e. The van der Waals surface area contributed by atoms with Gasteiger partial charge in [-0.2, -0.15) is 0 Å². The molecule has 0 fully saturated rings. The number of halogens is 1. The smallest absolute Gasteiger partial charge is 0.255 e. The lowest BCUT2D eigenvalue weighted by Gasteiger charge is -2.08. The molecular formula is C15H14ClNO3. The number of hydrogen-bond acceptors (Lipinski definition) is 3. The zero-order valence-electron chi connectivity index (χ0n) is 10.7. The lowest BCUT2D eigenvalue weighted by Crippen LogP contribution is -2.28. The monoisotopic (exact) mass is 291 g/mol. The van der Waals surface area contributed by atoms with Crippen LogP contribution in [0.3, 0.4) is 0 Å². The number of aromatic hydroxyl groups is 1. The third-order valence-electron chi connectivity index (χ3n) is 2.60. The van der Waals surface area contributed by atoms with Crippen molar-refractivity contribution in [3.05, 3.63) is 59.1 Å². The first-order valence-corrected chi connectivity index (χ1v) is 6.49. The summed E-state index contributed by atoms with van der Waals surface area (Å²) in [6, 6.07) is 13.7. The summed E-state index contributed by atoms with van der Waals surface area (Å²) in [5.41, 5.74) is 0.189. The van der Waals surface area contributed by atoms with Gasteiger partial charge in [-0.15, -0.1) is 0 Å². The molecule has 0 aliphatic rings. The number of hydrogen-bond donors (Lipinski definition) is 2. The Labute approximate surface area is 122 Å². The van der Waals surface area contributed by atoms with Crippen molar-refractivity contribution >= 4 is 17.5 Å². The average molecular weight is 292 g/mol. The van der Waals surface area contributed by atoms with E-state index in [1.165, 1.54) is 12.1 Å². The van der Waals surface area contributed by atoms with Crippen LogP contribution >= 0.6 is 11.6 Å². The molecule has 5 heteroatoms. The number of rotatable bonds is 5. The van der Waals surface area contributed by atoms with Crippen LogP contribution in [0.15, 0.2) is 48.5 Å². The van der Waals surface area contributed by atoms with E-state index >= 15 is 0 Å². The van der Waals surface area contributed by atoms with Gasteiger partial charge in [-0.1, -0.05) is 29.8 Å². The van der Waals surface area contributed by atoms with E-state index in [9.17, 15) is 9.90 Å². The van der Waals surface area contributed by atoms with E-state index in [0.29, 0.717) is 18.2 Å². The topological polar surface area (TPSA) is 58.6 Å². The van der Waals surface area contributed by atoms with Crippen LogP contribution in [0.1, 0.15) is 10.4 Å². The average Bonchev–Trinajstić information content (AvgIpc) is 2.44. The fraction of sp³-hybridized carbons (Fsp3) is 0.133. The molecule has 0 spiro atoms. The van der Waals surface area contributed by atoms with Crippen molar-refractivity contribution in [3.63, 3.8) is 0 Å². The van der Waals surface area contributed by atoms with Crippen molar-refractivity contribution in [2.24, 2.45) is 0 Å². The quantitative estimate of drug-likeness (QED) is 0.833. The zero-order valence-corrected chi connectivity index (χ0v) is 11.4. The van der Waals surface area contributed by atoms with E-state index < -0.39 is 0 Å². The van der Waals surface area contributed by atoms with Gasteiger partial charge in [0, 0.05) is 5.02 Å². The van der Waals surface area contributed by atoms with Gasteiger partial charge in [0.25, 0.3) is 5.91 Å². The SMILES string of the molecule is O=C(NCCOc1ccccc1)c1ccc(Cl)cc1O. The van der Waals surface area contributed by atoms with Gasteiger partial charge >= 0.3 is 0 Å². The number of nitrogens with one attached hydrogen (secondary N) is 1. The van der Waals surface area contributed by atoms with Crippen LogP contribution in [-0.4, -0.2) is 24.2 Å². The molecule has 0 atom stereocenters. The second-order valence-electron chi connectivity index (χ2n) is 4.08. The Morgan fingerprint density at radius 1 is 1.20 bits per heavy atom. The molecule has 20 heavy (non-hydrogen) atoms. The van der Waals surface area contributed by atoms with Crippen LogP contribution in [0.2, 0.25) is 5.02 Å². The second-order valence-corrected chi connectivity index (χ2v) is 4.52. The first-order valence-electron chi connectivity index (χ1n) is 6.11. The van der Waals surface area contributed by atoms with Gasteiger partial charge in [0.1, 0.15) is 18.1 Å². The molecule has 2 rings (SSSR count). The third-order valence-corrected chi connectivity index (χ3v) is 2.84. The van der Waals surface area contributed by atoms with Crippen molar-refractivity contribution in [3.8, 4) is 11.5 Å². The molecule has 0 heterocycles. The predicted molar refractivity (Wildman–Crippen MR) is 77.4 cm³/mol. The van der Waals surface area contributed by atoms with Crippen LogP contribution in [0, 0.1) is 0 Å². The Bertz CT molecular complexity index is 587. The second kappa shape index (κ2) is 6.82. The van der Waals surface area contributed by atoms with Gasteiger partial charge in [-0.25, -0.2) is 0 Å². The highest BCUT2D eigenvalue weighted by Gasteiger charge is 2.10. The van der Waals surface area contributed by atoms with Gasteiger partial charge in [-0.3, -0.25) is 4.79 Å². The molecule has 0 bridgehead atoms. The molecule has 0 unspecified atom stereocenters. The number of carbonyl (C=O) groups excluding carboxylic acids is 1. The van der Waals surface area contributed by atoms with Crippen molar-refractivity contribution in [1.29, 1.82) is 0 Å². The maximum Gasteiger partial charge on any atom is 0.255 e. The number of para-hydroxylation sites is 1. The minimum absolute atomic E-state index is 0.140. The highest BCUT2D eigenvalue weighted by atomic mass is 35.5. The molecule has 104 valence electrons. The van der Waals surface area contributed by atoms with Crippen molar-refractivity contribution in [1.82, 2.24) is 5.32 Å². The van der Waals surface area contributed by atoms with E-state index in [0.717, 1.165) is 5.75 Å². The Morgan fingerprint density at radius 3 is 2.65 bits per heavy atom. The van der Waals surface area contributed by atoms with Crippen LogP contribution in [0.25, 0.3) is 0 Å². The number of carbonyl (C=O) groups is 1. The molecule has 2 aromatic rings. The summed E-state index contributed by atoms with van der Waals surface area (Å²) in [5, 5.41) is 12.7. The maximum absolute atomic E-state index is 11.8. The largest absolute Gasteiger partial charge is 0.507 e. The van der Waals surface area contributed by atoms with Gasteiger partial charge in [-0.05, 0) is 30.3 Å². The van der Waals surface area contributed by atoms with Crippen molar-refractivity contribution in [2.45, 2.75) is 0 Å². The normalized spacial score (nSPS) is 10.1. The first-order chi connectivity index (χ1) is 9.66. The summed E-state index contributed by atoms with van der Waals surface area (Å²) in [6.45, 7) is 0.694. The van der Waals surface area contributed by atoms with Crippen LogP contribution in [-0.2, 0) is 0 Å². The fourth-order valence-electron chi connectivity index (χ4n) is 1.64. The molecule has 0 aromatic heterocycles. The first kappa shape index (κ1) is 14.2. The molecule has 0 aliphatic heterocycles. The third kappa shape index (κ3) is 3.90. The Kier molecular flexibility index (Phi) is 4.85. The van der Waals surface area contributed by atoms with E-state index in [1.807, 2.05) is 30.3 Å². The summed E-state index contributed by atoms with van der Waals surface area (Å²) in [5.74, 6) is 0.242. The van der Waals surface area contributed by atoms with Crippen LogP contribution in [0.4, 0.5) is 0 Å². The number of benzene rings is 2. The molecule has 0 saturated heterocycles. The van der Waals surface area contributed by atoms with Crippen molar-refractivity contribution in [2.75, 3.05) is 13.2 Å². The Hall–Kier alpha value is -2.20. The van der Waals surface area contributed by atoms with E-state index in [-0.39, 0.29) is 17.2 Å². The van der Waals surface area contributed by atoms with Crippen LogP contribution in [0.5, 0.6) is 11.5 Å². The molecular weight excluding hydrogens is 278 g/mol. The summed E-state index contributed by atoms with van der Waals surface area (Å²) in [7, 11) is 0. The zero-order chi connectivity index (χ0) is 14.4. The predicted octanol–water partition coefficient (Wildman–Crippen LogP) is 2.85. The van der Waals surface area contributed by atoms with Gasteiger partial charge in [0.05, 0.1) is 12.1 Å². The minimum atomic E-state index is -0.365. The lowest BCUT2D eigenvalue weighted by molar-refractivity contribution is 0.0944. The number of phenolic OH excluding ortho intramolecular Hbond substituents is 1. The van der Waals surface area contributed by atoms with Gasteiger partial charge in [0.15, 0.2) is 0 Å². The molecule has 2 N–H and O–H groups in total. The summed E-state index contributed by atoms with van der Waals surface area (Å²) in [4.78, 5) is 11.8. The van der Waals surface area contributed by atoms with Crippen molar-refractivity contribution < 1.29 is 14.6 Å². The van der Waals surface area contributed by atoms with Gasteiger partial charge in [0.2, 0.25) is 0 Å². The van der Waals surface area contributed by atoms with E-state index in [4.69, 9.17) is 16.3 Å². The summed E-state index contributed by atoms with van der Waals surface area (Å²) in [6.07, 6.45) is 0. The molecule has 1 amide bonds. The Morgan fingerprint density at radius 2 is 1.95 bits per heavy atom. The number of phenols is 1. The highest BCUT2D eigenvalue weighted by Crippen LogP contribution is 2.21. The number of ether oxygens (including phenoxy) is 1. The van der Waals surface area contributed by atoms with E-state index in [1.54, 1.807) is 6.07 Å². The molecule has 2 aromatic carbocycles. The van der Waals surface area contributed by atoms with Crippen LogP contribution < -0.4 is 10.1 Å². The van der Waals surface area contributed by atoms with Gasteiger partial charge < -0.3 is 15.2 Å². The number of amides is 1. The standard InChI is InChI=1S/C15H14ClNO3/c16-11-6-7-13(14(18)10-11)15(19)17-8-9-20-12-4-2-1-3-5-12/h1-7,10,18H,8-9H2,(H,17,19). The van der Waals surface area contributed by atoms with E-state index in [2.05, 4.69) is 5.32 Å². The summed E-state index contributed by atoms with van der Waals surface area (Å²) >= 11 is 5.70.